The van der Waals surface area contributed by atoms with Crippen molar-refractivity contribution >= 4 is 33.9 Å². The number of nitrogens with zero attached hydrogens (tertiary/aromatic N) is 2. The molecule has 0 saturated heterocycles. The molecule has 0 fully saturated rings. The molecule has 0 amide bonds. The highest BCUT2D eigenvalue weighted by molar-refractivity contribution is 6.36. The van der Waals surface area contributed by atoms with Crippen LogP contribution in [0, 0.1) is 0 Å². The van der Waals surface area contributed by atoms with E-state index < -0.39 is 5.78 Å². The standard InChI is InChI=1S/C20H14N2O2/c23-13-19(24)17-12-22(18-9-2-1-8-16(17)18)11-15-6-3-5-14-7-4-10-21-20(14)15/h1-10,12-13H,11H2. The summed E-state index contributed by atoms with van der Waals surface area (Å²) >= 11 is 0. The van der Waals surface area contributed by atoms with E-state index in [1.54, 1.807) is 12.4 Å². The molecular formula is C20H14N2O2. The van der Waals surface area contributed by atoms with Gasteiger partial charge in [-0.05, 0) is 17.7 Å². The number of aldehydes is 1. The molecule has 4 nitrogen and oxygen atoms in total. The minimum absolute atomic E-state index is 0.367. The van der Waals surface area contributed by atoms with Gasteiger partial charge in [0, 0.05) is 35.2 Å². The summed E-state index contributed by atoms with van der Waals surface area (Å²) in [4.78, 5) is 27.3. The molecule has 4 rings (SSSR count). The molecule has 0 unspecified atom stereocenters. The van der Waals surface area contributed by atoms with Crippen LogP contribution in [0.15, 0.2) is 67.0 Å². The molecule has 2 heterocycles. The molecule has 116 valence electrons. The average molecular weight is 314 g/mol. The fourth-order valence-electron chi connectivity index (χ4n) is 3.12. The quantitative estimate of drug-likeness (QED) is 0.328. The van der Waals surface area contributed by atoms with E-state index in [4.69, 9.17) is 0 Å². The third-order valence-electron chi connectivity index (χ3n) is 4.22. The van der Waals surface area contributed by atoms with Crippen LogP contribution in [0.25, 0.3) is 21.8 Å². The van der Waals surface area contributed by atoms with Crippen LogP contribution in [0.2, 0.25) is 0 Å². The third kappa shape index (κ3) is 2.29. The van der Waals surface area contributed by atoms with Crippen LogP contribution in [0.4, 0.5) is 0 Å². The Bertz CT molecular complexity index is 1070. The molecule has 2 aromatic heterocycles. The third-order valence-corrected chi connectivity index (χ3v) is 4.22. The van der Waals surface area contributed by atoms with Crippen LogP contribution < -0.4 is 0 Å². The lowest BCUT2D eigenvalue weighted by molar-refractivity contribution is -0.104. The van der Waals surface area contributed by atoms with Crippen LogP contribution in [0.1, 0.15) is 15.9 Å². The Kier molecular flexibility index (Phi) is 3.43. The summed E-state index contributed by atoms with van der Waals surface area (Å²) < 4.78 is 2.00. The molecule has 0 saturated carbocycles. The maximum atomic E-state index is 11.9. The number of benzene rings is 2. The molecule has 0 N–H and O–H groups in total. The van der Waals surface area contributed by atoms with Gasteiger partial charge in [-0.3, -0.25) is 14.6 Å². The zero-order valence-corrected chi connectivity index (χ0v) is 12.8. The van der Waals surface area contributed by atoms with E-state index in [-0.39, 0.29) is 0 Å². The number of rotatable bonds is 4. The highest BCUT2D eigenvalue weighted by Gasteiger charge is 2.14. The Labute approximate surface area is 138 Å². The molecule has 2 aromatic carbocycles. The predicted octanol–water partition coefficient (Wildman–Crippen LogP) is 3.62. The fourth-order valence-corrected chi connectivity index (χ4v) is 3.12. The van der Waals surface area contributed by atoms with Crippen molar-refractivity contribution in [3.8, 4) is 0 Å². The topological polar surface area (TPSA) is 52.0 Å². The van der Waals surface area contributed by atoms with Crippen LogP contribution in [0.5, 0.6) is 0 Å². The smallest absolute Gasteiger partial charge is 0.227 e. The number of para-hydroxylation sites is 2. The molecule has 0 aliphatic rings. The van der Waals surface area contributed by atoms with Gasteiger partial charge in [-0.15, -0.1) is 0 Å². The Morgan fingerprint density at radius 1 is 1.04 bits per heavy atom. The van der Waals surface area contributed by atoms with Crippen molar-refractivity contribution in [2.24, 2.45) is 0 Å². The first-order valence-corrected chi connectivity index (χ1v) is 7.68. The number of ketones is 1. The van der Waals surface area contributed by atoms with Crippen molar-refractivity contribution < 1.29 is 9.59 Å². The van der Waals surface area contributed by atoms with Crippen molar-refractivity contribution in [3.05, 3.63) is 78.1 Å². The number of fused-ring (bicyclic) bond motifs is 2. The molecule has 0 bridgehead atoms. The number of pyridine rings is 1. The molecule has 4 heteroatoms. The van der Waals surface area contributed by atoms with Crippen molar-refractivity contribution in [2.75, 3.05) is 0 Å². The first kappa shape index (κ1) is 14.3. The van der Waals surface area contributed by atoms with Crippen LogP contribution >= 0.6 is 0 Å². The van der Waals surface area contributed by atoms with Crippen LogP contribution in [-0.2, 0) is 11.3 Å². The lowest BCUT2D eigenvalue weighted by Gasteiger charge is -2.08. The maximum Gasteiger partial charge on any atom is 0.227 e. The lowest BCUT2D eigenvalue weighted by Crippen LogP contribution is -2.01. The zero-order chi connectivity index (χ0) is 16.5. The van der Waals surface area contributed by atoms with E-state index in [0.717, 1.165) is 27.4 Å². The summed E-state index contributed by atoms with van der Waals surface area (Å²) in [6.45, 7) is 0.584. The highest BCUT2D eigenvalue weighted by atomic mass is 16.2. The maximum absolute atomic E-state index is 11.9. The van der Waals surface area contributed by atoms with Gasteiger partial charge in [0.1, 0.15) is 0 Å². The number of hydrogen-bond donors (Lipinski definition) is 0. The average Bonchev–Trinajstić information content (AvgIpc) is 3.00. The summed E-state index contributed by atoms with van der Waals surface area (Å²) in [7, 11) is 0. The second-order valence-electron chi connectivity index (χ2n) is 5.66. The van der Waals surface area contributed by atoms with Gasteiger partial charge >= 0.3 is 0 Å². The van der Waals surface area contributed by atoms with Crippen molar-refractivity contribution in [1.82, 2.24) is 9.55 Å². The van der Waals surface area contributed by atoms with Gasteiger partial charge in [0.2, 0.25) is 5.78 Å². The van der Waals surface area contributed by atoms with Crippen LogP contribution in [0.3, 0.4) is 0 Å². The zero-order valence-electron chi connectivity index (χ0n) is 12.8. The summed E-state index contributed by atoms with van der Waals surface area (Å²) in [6, 6.07) is 17.6. The van der Waals surface area contributed by atoms with Gasteiger partial charge in [0.05, 0.1) is 11.1 Å². The molecule has 0 radical (unpaired) electrons. The van der Waals surface area contributed by atoms with Gasteiger partial charge in [0.25, 0.3) is 0 Å². The minimum Gasteiger partial charge on any atom is -0.342 e. The fraction of sp³-hybridized carbons (Fsp3) is 0.0500. The highest BCUT2D eigenvalue weighted by Crippen LogP contribution is 2.24. The van der Waals surface area contributed by atoms with E-state index >= 15 is 0 Å². The number of carbonyl (C=O) groups is 2. The summed E-state index contributed by atoms with van der Waals surface area (Å²) in [5.41, 5.74) is 3.38. The van der Waals surface area contributed by atoms with Gasteiger partial charge in [-0.25, -0.2) is 0 Å². The van der Waals surface area contributed by atoms with E-state index in [1.165, 1.54) is 0 Å². The summed E-state index contributed by atoms with van der Waals surface area (Å²) in [5.74, 6) is -0.499. The van der Waals surface area contributed by atoms with E-state index in [0.29, 0.717) is 18.4 Å². The minimum atomic E-state index is -0.499. The molecule has 0 aliphatic heterocycles. The first-order chi connectivity index (χ1) is 11.8. The van der Waals surface area contributed by atoms with Crippen LogP contribution in [-0.4, -0.2) is 21.6 Å². The van der Waals surface area contributed by atoms with Crippen molar-refractivity contribution in [1.29, 1.82) is 0 Å². The second kappa shape index (κ2) is 5.74. The number of hydrogen-bond acceptors (Lipinski definition) is 3. The van der Waals surface area contributed by atoms with Crippen molar-refractivity contribution in [2.45, 2.75) is 6.54 Å². The molecule has 4 aromatic rings. The van der Waals surface area contributed by atoms with Gasteiger partial charge in [0.15, 0.2) is 6.29 Å². The molecule has 24 heavy (non-hydrogen) atoms. The monoisotopic (exact) mass is 314 g/mol. The molecule has 0 spiro atoms. The van der Waals surface area contributed by atoms with Gasteiger partial charge in [-0.2, -0.15) is 0 Å². The molecule has 0 aliphatic carbocycles. The molecular weight excluding hydrogens is 300 g/mol. The Morgan fingerprint density at radius 3 is 2.75 bits per heavy atom. The first-order valence-electron chi connectivity index (χ1n) is 7.68. The number of carbonyl (C=O) groups excluding carboxylic acids is 2. The lowest BCUT2D eigenvalue weighted by atomic mass is 10.1. The summed E-state index contributed by atoms with van der Waals surface area (Å²) in [5, 5.41) is 1.87. The number of Topliss-reactive ketones (excluding diaryl/α,β-unsaturated/α-hetero) is 1. The SMILES string of the molecule is O=CC(=O)c1cn(Cc2cccc3cccnc23)c2ccccc12. The predicted molar refractivity (Wildman–Crippen MR) is 93.2 cm³/mol. The normalized spacial score (nSPS) is 11.0. The van der Waals surface area contributed by atoms with Gasteiger partial charge < -0.3 is 4.57 Å². The Morgan fingerprint density at radius 2 is 1.88 bits per heavy atom. The summed E-state index contributed by atoms with van der Waals surface area (Å²) in [6.07, 6.45) is 3.90. The van der Waals surface area contributed by atoms with E-state index in [1.807, 2.05) is 59.2 Å². The van der Waals surface area contributed by atoms with Crippen molar-refractivity contribution in [3.63, 3.8) is 0 Å². The second-order valence-corrected chi connectivity index (χ2v) is 5.66. The largest absolute Gasteiger partial charge is 0.342 e. The Balaban J connectivity index is 1.88. The van der Waals surface area contributed by atoms with E-state index in [9.17, 15) is 9.59 Å². The van der Waals surface area contributed by atoms with Gasteiger partial charge in [-0.1, -0.05) is 42.5 Å². The number of aromatic nitrogens is 2. The van der Waals surface area contributed by atoms with E-state index in [2.05, 4.69) is 4.98 Å². The Hall–Kier alpha value is -3.27. The molecule has 0 atom stereocenters.